The minimum absolute atomic E-state index is 0.116. The van der Waals surface area contributed by atoms with E-state index in [0.29, 0.717) is 34.8 Å². The predicted octanol–water partition coefficient (Wildman–Crippen LogP) is 5.86. The van der Waals surface area contributed by atoms with Gasteiger partial charge in [-0.3, -0.25) is 0 Å². The van der Waals surface area contributed by atoms with E-state index in [0.717, 1.165) is 11.1 Å². The summed E-state index contributed by atoms with van der Waals surface area (Å²) in [5, 5.41) is 11.1. The molecule has 0 amide bonds. The molecular weight excluding hydrogens is 359 g/mol. The van der Waals surface area contributed by atoms with Crippen LogP contribution in [0.15, 0.2) is 66.7 Å². The molecule has 0 unspecified atom stereocenters. The summed E-state index contributed by atoms with van der Waals surface area (Å²) in [5.41, 5.74) is 1.96. The van der Waals surface area contributed by atoms with Gasteiger partial charge in [-0.25, -0.2) is 0 Å². The van der Waals surface area contributed by atoms with Gasteiger partial charge in [0.05, 0.1) is 0 Å². The highest BCUT2D eigenvalue weighted by Gasteiger charge is 2.08. The maximum Gasteiger partial charge on any atom is 0.165 e. The lowest BCUT2D eigenvalue weighted by Gasteiger charge is -2.13. The van der Waals surface area contributed by atoms with Crippen molar-refractivity contribution in [2.45, 2.75) is 13.2 Å². The van der Waals surface area contributed by atoms with Gasteiger partial charge in [-0.1, -0.05) is 47.5 Å². The van der Waals surface area contributed by atoms with Gasteiger partial charge in [-0.2, -0.15) is 0 Å². The molecule has 0 radical (unpaired) electrons. The summed E-state index contributed by atoms with van der Waals surface area (Å²) in [6, 6.07) is 19.6. The Morgan fingerprint density at radius 3 is 1.64 bits per heavy atom. The number of ether oxygens (including phenoxy) is 2. The zero-order valence-electron chi connectivity index (χ0n) is 13.3. The van der Waals surface area contributed by atoms with E-state index in [4.69, 9.17) is 32.7 Å². The number of phenols is 1. The molecule has 25 heavy (non-hydrogen) atoms. The molecule has 0 atom stereocenters. The fraction of sp³-hybridized carbons (Fsp3) is 0.100. The maximum absolute atomic E-state index is 9.72. The third-order valence-electron chi connectivity index (χ3n) is 3.54. The second kappa shape index (κ2) is 8.15. The molecule has 0 aromatic heterocycles. The zero-order valence-corrected chi connectivity index (χ0v) is 14.8. The van der Waals surface area contributed by atoms with Gasteiger partial charge in [0.25, 0.3) is 0 Å². The van der Waals surface area contributed by atoms with Gasteiger partial charge in [0, 0.05) is 16.1 Å². The maximum atomic E-state index is 9.72. The lowest BCUT2D eigenvalue weighted by molar-refractivity contribution is 0.254. The van der Waals surface area contributed by atoms with Crippen molar-refractivity contribution in [1.29, 1.82) is 0 Å². The molecule has 0 fully saturated rings. The summed E-state index contributed by atoms with van der Waals surface area (Å²) in [7, 11) is 0. The average molecular weight is 375 g/mol. The Bertz CT molecular complexity index is 831. The van der Waals surface area contributed by atoms with Gasteiger partial charge in [0.2, 0.25) is 0 Å². The summed E-state index contributed by atoms with van der Waals surface area (Å²) < 4.78 is 11.6. The molecule has 0 aliphatic heterocycles. The molecule has 0 aliphatic carbocycles. The van der Waals surface area contributed by atoms with E-state index in [1.165, 1.54) is 6.07 Å². The average Bonchev–Trinajstić information content (AvgIpc) is 2.62. The quantitative estimate of drug-likeness (QED) is 0.587. The van der Waals surface area contributed by atoms with Gasteiger partial charge < -0.3 is 14.6 Å². The number of benzene rings is 3. The standard InChI is InChI=1S/C20H16Cl2O3/c21-16-5-1-14(2-6-16)12-24-19-10-9-18(23)11-20(19)25-13-15-3-7-17(22)8-4-15/h1-11,23H,12-13H2. The smallest absolute Gasteiger partial charge is 0.165 e. The van der Waals surface area contributed by atoms with Crippen molar-refractivity contribution < 1.29 is 14.6 Å². The summed E-state index contributed by atoms with van der Waals surface area (Å²) in [4.78, 5) is 0. The fourth-order valence-corrected chi connectivity index (χ4v) is 2.46. The summed E-state index contributed by atoms with van der Waals surface area (Å²) >= 11 is 11.8. The van der Waals surface area contributed by atoms with Crippen molar-refractivity contribution in [3.63, 3.8) is 0 Å². The molecule has 3 rings (SSSR count). The SMILES string of the molecule is Oc1ccc(OCc2ccc(Cl)cc2)c(OCc2ccc(Cl)cc2)c1. The Hall–Kier alpha value is -2.36. The number of rotatable bonds is 6. The summed E-state index contributed by atoms with van der Waals surface area (Å²) in [6.45, 7) is 0.719. The third kappa shape index (κ3) is 5.05. The molecule has 3 aromatic carbocycles. The highest BCUT2D eigenvalue weighted by molar-refractivity contribution is 6.30. The number of aromatic hydroxyl groups is 1. The third-order valence-corrected chi connectivity index (χ3v) is 4.05. The van der Waals surface area contributed by atoms with Gasteiger partial charge in [0.15, 0.2) is 11.5 Å². The van der Waals surface area contributed by atoms with E-state index in [9.17, 15) is 5.11 Å². The van der Waals surface area contributed by atoms with Crippen LogP contribution in [0.5, 0.6) is 17.2 Å². The first-order chi connectivity index (χ1) is 12.1. The van der Waals surface area contributed by atoms with Crippen LogP contribution in [0.2, 0.25) is 10.0 Å². The van der Waals surface area contributed by atoms with Crippen molar-refractivity contribution in [3.05, 3.63) is 87.9 Å². The summed E-state index contributed by atoms with van der Waals surface area (Å²) in [5.74, 6) is 1.15. The van der Waals surface area contributed by atoms with Crippen molar-refractivity contribution >= 4 is 23.2 Å². The molecule has 0 aliphatic rings. The highest BCUT2D eigenvalue weighted by Crippen LogP contribution is 2.32. The Balaban J connectivity index is 1.69. The molecular formula is C20H16Cl2O3. The van der Waals surface area contributed by atoms with Crippen molar-refractivity contribution in [1.82, 2.24) is 0 Å². The van der Waals surface area contributed by atoms with E-state index >= 15 is 0 Å². The Labute approximate surface area is 156 Å². The molecule has 0 saturated carbocycles. The van der Waals surface area contributed by atoms with Crippen molar-refractivity contribution in [2.24, 2.45) is 0 Å². The summed E-state index contributed by atoms with van der Waals surface area (Å²) in [6.07, 6.45) is 0. The van der Waals surface area contributed by atoms with Gasteiger partial charge in [-0.15, -0.1) is 0 Å². The first-order valence-electron chi connectivity index (χ1n) is 7.68. The number of halogens is 2. The largest absolute Gasteiger partial charge is 0.508 e. The monoisotopic (exact) mass is 374 g/mol. The van der Waals surface area contributed by atoms with Gasteiger partial charge in [-0.05, 0) is 47.5 Å². The minimum Gasteiger partial charge on any atom is -0.508 e. The molecule has 1 N–H and O–H groups in total. The van der Waals surface area contributed by atoms with Gasteiger partial charge in [0.1, 0.15) is 19.0 Å². The normalized spacial score (nSPS) is 10.5. The van der Waals surface area contributed by atoms with Crippen LogP contribution in [-0.2, 0) is 13.2 Å². The molecule has 128 valence electrons. The van der Waals surface area contributed by atoms with E-state index in [-0.39, 0.29) is 5.75 Å². The second-order valence-electron chi connectivity index (χ2n) is 5.46. The van der Waals surface area contributed by atoms with Crippen LogP contribution >= 0.6 is 23.2 Å². The molecule has 0 saturated heterocycles. The number of phenolic OH excluding ortho intramolecular Hbond substituents is 1. The lowest BCUT2D eigenvalue weighted by Crippen LogP contribution is -2.00. The van der Waals surface area contributed by atoms with E-state index < -0.39 is 0 Å². The molecule has 3 aromatic rings. The van der Waals surface area contributed by atoms with E-state index in [1.54, 1.807) is 24.3 Å². The van der Waals surface area contributed by atoms with E-state index in [1.807, 2.05) is 36.4 Å². The molecule has 3 nitrogen and oxygen atoms in total. The molecule has 0 bridgehead atoms. The van der Waals surface area contributed by atoms with Crippen molar-refractivity contribution in [2.75, 3.05) is 0 Å². The van der Waals surface area contributed by atoms with Crippen LogP contribution in [0, 0.1) is 0 Å². The highest BCUT2D eigenvalue weighted by atomic mass is 35.5. The topological polar surface area (TPSA) is 38.7 Å². The van der Waals surface area contributed by atoms with Crippen LogP contribution in [0.4, 0.5) is 0 Å². The van der Waals surface area contributed by atoms with Crippen LogP contribution in [0.25, 0.3) is 0 Å². The zero-order chi connectivity index (χ0) is 17.6. The lowest BCUT2D eigenvalue weighted by atomic mass is 10.2. The molecule has 0 heterocycles. The van der Waals surface area contributed by atoms with Crippen LogP contribution in [0.3, 0.4) is 0 Å². The van der Waals surface area contributed by atoms with Crippen LogP contribution < -0.4 is 9.47 Å². The first-order valence-corrected chi connectivity index (χ1v) is 8.43. The van der Waals surface area contributed by atoms with Gasteiger partial charge >= 0.3 is 0 Å². The first kappa shape index (κ1) is 17.5. The van der Waals surface area contributed by atoms with Crippen molar-refractivity contribution in [3.8, 4) is 17.2 Å². The number of hydrogen-bond acceptors (Lipinski definition) is 3. The Morgan fingerprint density at radius 2 is 1.12 bits per heavy atom. The Kier molecular flexibility index (Phi) is 5.69. The second-order valence-corrected chi connectivity index (χ2v) is 6.33. The van der Waals surface area contributed by atoms with E-state index in [2.05, 4.69) is 0 Å². The Morgan fingerprint density at radius 1 is 0.640 bits per heavy atom. The molecule has 5 heteroatoms. The fourth-order valence-electron chi connectivity index (χ4n) is 2.21. The van der Waals surface area contributed by atoms with Crippen LogP contribution in [-0.4, -0.2) is 5.11 Å². The predicted molar refractivity (Wildman–Crippen MR) is 99.7 cm³/mol. The van der Waals surface area contributed by atoms with Crippen LogP contribution in [0.1, 0.15) is 11.1 Å². The molecule has 0 spiro atoms. The number of hydrogen-bond donors (Lipinski definition) is 1. The minimum atomic E-state index is 0.116.